The lowest BCUT2D eigenvalue weighted by molar-refractivity contribution is 0.185. The van der Waals surface area contributed by atoms with Crippen molar-refractivity contribution >= 4 is 17.6 Å². The van der Waals surface area contributed by atoms with E-state index in [1.54, 1.807) is 0 Å². The van der Waals surface area contributed by atoms with Crippen LogP contribution in [-0.4, -0.2) is 48.9 Å². The van der Waals surface area contributed by atoms with Crippen LogP contribution in [0.25, 0.3) is 0 Å². The molecule has 2 aliphatic heterocycles. The number of hydrogen-bond acceptors (Lipinski definition) is 4. The molecule has 0 saturated carbocycles. The molecule has 4 heteroatoms. The molecule has 1 atom stereocenters. The van der Waals surface area contributed by atoms with E-state index in [1.807, 2.05) is 11.8 Å². The summed E-state index contributed by atoms with van der Waals surface area (Å²) in [5.41, 5.74) is 1.33. The van der Waals surface area contributed by atoms with E-state index in [1.165, 1.54) is 76.2 Å². The Labute approximate surface area is 139 Å². The van der Waals surface area contributed by atoms with Crippen molar-refractivity contribution in [1.29, 1.82) is 0 Å². The third-order valence-corrected chi connectivity index (χ3v) is 5.55. The van der Waals surface area contributed by atoms with Gasteiger partial charge in [-0.3, -0.25) is 0 Å². The van der Waals surface area contributed by atoms with E-state index in [4.69, 9.17) is 4.98 Å². The highest BCUT2D eigenvalue weighted by Crippen LogP contribution is 2.24. The SMILES string of the molecule is CSCc1ccc(N2CCC[C@H](CN3CCCCC3)C2)nc1. The Hall–Kier alpha value is -0.740. The smallest absolute Gasteiger partial charge is 0.128 e. The second-order valence-corrected chi connectivity index (χ2v) is 7.64. The molecule has 2 saturated heterocycles. The molecular formula is C18H29N3S. The number of hydrogen-bond donors (Lipinski definition) is 0. The molecule has 1 aromatic rings. The number of likely N-dealkylation sites (tertiary alicyclic amines) is 1. The quantitative estimate of drug-likeness (QED) is 0.825. The molecule has 0 amide bonds. The number of thioether (sulfide) groups is 1. The maximum absolute atomic E-state index is 4.70. The van der Waals surface area contributed by atoms with Gasteiger partial charge in [-0.25, -0.2) is 4.98 Å². The molecule has 22 heavy (non-hydrogen) atoms. The van der Waals surface area contributed by atoms with Gasteiger partial charge in [0.25, 0.3) is 0 Å². The minimum absolute atomic E-state index is 0.819. The molecule has 0 aliphatic carbocycles. The summed E-state index contributed by atoms with van der Waals surface area (Å²) in [4.78, 5) is 9.89. The summed E-state index contributed by atoms with van der Waals surface area (Å²) in [5, 5.41) is 0. The van der Waals surface area contributed by atoms with Crippen LogP contribution in [0.3, 0.4) is 0 Å². The van der Waals surface area contributed by atoms with Crippen molar-refractivity contribution in [3.63, 3.8) is 0 Å². The predicted octanol–water partition coefficient (Wildman–Crippen LogP) is 3.65. The zero-order valence-corrected chi connectivity index (χ0v) is 14.7. The first kappa shape index (κ1) is 16.1. The average Bonchev–Trinajstić information content (AvgIpc) is 2.57. The number of nitrogens with zero attached hydrogens (tertiary/aromatic N) is 3. The van der Waals surface area contributed by atoms with Crippen LogP contribution in [0.2, 0.25) is 0 Å². The fraction of sp³-hybridized carbons (Fsp3) is 0.722. The fourth-order valence-electron chi connectivity index (χ4n) is 3.79. The van der Waals surface area contributed by atoms with Gasteiger partial charge in [-0.05, 0) is 62.6 Å². The van der Waals surface area contributed by atoms with Crippen molar-refractivity contribution in [1.82, 2.24) is 9.88 Å². The molecule has 0 bridgehead atoms. The number of piperidine rings is 2. The minimum Gasteiger partial charge on any atom is -0.356 e. The highest BCUT2D eigenvalue weighted by atomic mass is 32.2. The topological polar surface area (TPSA) is 19.4 Å². The lowest BCUT2D eigenvalue weighted by atomic mass is 9.96. The summed E-state index contributed by atoms with van der Waals surface area (Å²) in [5.74, 6) is 3.05. The Balaban J connectivity index is 1.55. The van der Waals surface area contributed by atoms with E-state index < -0.39 is 0 Å². The summed E-state index contributed by atoms with van der Waals surface area (Å²) >= 11 is 1.86. The molecule has 1 aromatic heterocycles. The van der Waals surface area contributed by atoms with E-state index in [9.17, 15) is 0 Å². The number of anilines is 1. The van der Waals surface area contributed by atoms with E-state index in [2.05, 4.69) is 34.4 Å². The summed E-state index contributed by atoms with van der Waals surface area (Å²) in [6.07, 6.45) is 11.1. The first-order chi connectivity index (χ1) is 10.8. The standard InChI is InChI=1S/C18H29N3S/c1-22-15-16-7-8-18(19-12-16)21-11-5-6-17(14-21)13-20-9-3-2-4-10-20/h7-8,12,17H,2-6,9-11,13-15H2,1H3/t17-/m1/s1. The van der Waals surface area contributed by atoms with Gasteiger partial charge in [0.05, 0.1) is 0 Å². The molecule has 3 nitrogen and oxygen atoms in total. The monoisotopic (exact) mass is 319 g/mol. The Morgan fingerprint density at radius 1 is 1.14 bits per heavy atom. The van der Waals surface area contributed by atoms with Gasteiger partial charge >= 0.3 is 0 Å². The number of pyridine rings is 1. The van der Waals surface area contributed by atoms with Gasteiger partial charge in [0.1, 0.15) is 5.82 Å². The Kier molecular flexibility index (Phi) is 6.02. The van der Waals surface area contributed by atoms with Crippen LogP contribution in [0.5, 0.6) is 0 Å². The lowest BCUT2D eigenvalue weighted by Gasteiger charge is -2.37. The van der Waals surface area contributed by atoms with Gasteiger partial charge in [0.2, 0.25) is 0 Å². The van der Waals surface area contributed by atoms with E-state index in [0.717, 1.165) is 11.7 Å². The molecule has 3 heterocycles. The molecule has 2 aliphatic rings. The molecule has 0 spiro atoms. The van der Waals surface area contributed by atoms with Gasteiger partial charge < -0.3 is 9.80 Å². The average molecular weight is 320 g/mol. The molecule has 0 radical (unpaired) electrons. The van der Waals surface area contributed by atoms with Crippen LogP contribution >= 0.6 is 11.8 Å². The van der Waals surface area contributed by atoms with E-state index in [-0.39, 0.29) is 0 Å². The van der Waals surface area contributed by atoms with Crippen LogP contribution in [0.4, 0.5) is 5.82 Å². The van der Waals surface area contributed by atoms with Gasteiger partial charge in [-0.1, -0.05) is 12.5 Å². The second-order valence-electron chi connectivity index (χ2n) is 6.77. The molecule has 0 N–H and O–H groups in total. The van der Waals surface area contributed by atoms with Crippen LogP contribution in [0.1, 0.15) is 37.7 Å². The zero-order chi connectivity index (χ0) is 15.2. The van der Waals surface area contributed by atoms with Crippen molar-refractivity contribution in [2.45, 2.75) is 37.9 Å². The van der Waals surface area contributed by atoms with Crippen molar-refractivity contribution < 1.29 is 0 Å². The van der Waals surface area contributed by atoms with Crippen molar-refractivity contribution in [3.8, 4) is 0 Å². The molecular weight excluding hydrogens is 290 g/mol. The Bertz CT molecular complexity index is 442. The van der Waals surface area contributed by atoms with E-state index >= 15 is 0 Å². The van der Waals surface area contributed by atoms with Crippen LogP contribution in [0, 0.1) is 5.92 Å². The van der Waals surface area contributed by atoms with Crippen molar-refractivity contribution in [2.75, 3.05) is 43.9 Å². The molecule has 2 fully saturated rings. The summed E-state index contributed by atoms with van der Waals surface area (Å²) in [6.45, 7) is 6.29. The predicted molar refractivity (Wildman–Crippen MR) is 96.7 cm³/mol. The molecule has 3 rings (SSSR count). The zero-order valence-electron chi connectivity index (χ0n) is 13.8. The Morgan fingerprint density at radius 3 is 2.73 bits per heavy atom. The maximum atomic E-state index is 4.70. The summed E-state index contributed by atoms with van der Waals surface area (Å²) in [6, 6.07) is 4.46. The van der Waals surface area contributed by atoms with Crippen molar-refractivity contribution in [3.05, 3.63) is 23.9 Å². The number of aromatic nitrogens is 1. The second kappa shape index (κ2) is 8.21. The first-order valence-electron chi connectivity index (χ1n) is 8.76. The summed E-state index contributed by atoms with van der Waals surface area (Å²) < 4.78 is 0. The lowest BCUT2D eigenvalue weighted by Crippen LogP contribution is -2.42. The van der Waals surface area contributed by atoms with Gasteiger partial charge in [-0.15, -0.1) is 0 Å². The highest BCUT2D eigenvalue weighted by molar-refractivity contribution is 7.97. The van der Waals surface area contributed by atoms with Crippen LogP contribution in [-0.2, 0) is 5.75 Å². The largest absolute Gasteiger partial charge is 0.356 e. The van der Waals surface area contributed by atoms with Gasteiger partial charge in [-0.2, -0.15) is 11.8 Å². The van der Waals surface area contributed by atoms with Crippen LogP contribution in [0.15, 0.2) is 18.3 Å². The maximum Gasteiger partial charge on any atom is 0.128 e. The van der Waals surface area contributed by atoms with Crippen LogP contribution < -0.4 is 4.90 Å². The minimum atomic E-state index is 0.819. The van der Waals surface area contributed by atoms with E-state index in [0.29, 0.717) is 0 Å². The summed E-state index contributed by atoms with van der Waals surface area (Å²) in [7, 11) is 0. The molecule has 0 aromatic carbocycles. The van der Waals surface area contributed by atoms with Crippen molar-refractivity contribution in [2.24, 2.45) is 5.92 Å². The normalized spacial score (nSPS) is 23.7. The Morgan fingerprint density at radius 2 is 2.00 bits per heavy atom. The van der Waals surface area contributed by atoms with Gasteiger partial charge in [0.15, 0.2) is 0 Å². The third-order valence-electron chi connectivity index (χ3n) is 4.93. The van der Waals surface area contributed by atoms with Gasteiger partial charge in [0, 0.05) is 31.6 Å². The first-order valence-corrected chi connectivity index (χ1v) is 10.2. The molecule has 0 unspecified atom stereocenters. The fourth-order valence-corrected chi connectivity index (χ4v) is 4.29. The molecule has 122 valence electrons. The number of rotatable bonds is 5. The highest BCUT2D eigenvalue weighted by Gasteiger charge is 2.23. The third kappa shape index (κ3) is 4.39.